The summed E-state index contributed by atoms with van der Waals surface area (Å²) in [6.07, 6.45) is 5.42. The number of aromatic nitrogens is 2. The number of amides is 1. The topological polar surface area (TPSA) is 67.2 Å². The molecule has 1 aromatic heterocycles. The molecule has 1 amide bonds. The lowest BCUT2D eigenvalue weighted by Crippen LogP contribution is -2.37. The first-order valence-corrected chi connectivity index (χ1v) is 7.27. The van der Waals surface area contributed by atoms with Crippen molar-refractivity contribution in [1.82, 2.24) is 14.9 Å². The predicted octanol–water partition coefficient (Wildman–Crippen LogP) is 1.61. The van der Waals surface area contributed by atoms with Gasteiger partial charge < -0.3 is 15.0 Å². The van der Waals surface area contributed by atoms with Gasteiger partial charge in [-0.1, -0.05) is 30.3 Å². The summed E-state index contributed by atoms with van der Waals surface area (Å²) in [6, 6.07) is 9.16. The Labute approximate surface area is 123 Å². The molecule has 0 saturated carbocycles. The van der Waals surface area contributed by atoms with Gasteiger partial charge in [-0.05, 0) is 18.4 Å². The third-order valence-corrected chi connectivity index (χ3v) is 3.97. The number of nitrogens with one attached hydrogen (secondary N) is 1. The largest absolute Gasteiger partial charge is 0.394 e. The van der Waals surface area contributed by atoms with Crippen LogP contribution in [0, 0.1) is 0 Å². The highest BCUT2D eigenvalue weighted by molar-refractivity contribution is 5.83. The van der Waals surface area contributed by atoms with E-state index in [2.05, 4.69) is 10.3 Å². The van der Waals surface area contributed by atoms with E-state index in [0.717, 1.165) is 30.8 Å². The smallest absolute Gasteiger partial charge is 0.231 e. The minimum absolute atomic E-state index is 0.0648. The molecule has 0 spiro atoms. The van der Waals surface area contributed by atoms with Crippen molar-refractivity contribution in [2.24, 2.45) is 0 Å². The Balaban J connectivity index is 1.75. The van der Waals surface area contributed by atoms with Crippen LogP contribution in [0.1, 0.15) is 36.2 Å². The molecule has 110 valence electrons. The van der Waals surface area contributed by atoms with Crippen molar-refractivity contribution in [2.75, 3.05) is 6.61 Å². The minimum Gasteiger partial charge on any atom is -0.394 e. The second kappa shape index (κ2) is 6.10. The number of aliphatic hydroxyl groups is 1. The summed E-state index contributed by atoms with van der Waals surface area (Å²) in [5.74, 6) is 0.528. The molecule has 1 aromatic carbocycles. The van der Waals surface area contributed by atoms with Crippen LogP contribution in [0.2, 0.25) is 0 Å². The molecule has 1 unspecified atom stereocenters. The minimum atomic E-state index is -0.371. The van der Waals surface area contributed by atoms with Crippen LogP contribution in [0.15, 0.2) is 42.7 Å². The summed E-state index contributed by atoms with van der Waals surface area (Å²) in [6.45, 7) is 0.804. The molecule has 5 nitrogen and oxygen atoms in total. The van der Waals surface area contributed by atoms with Crippen LogP contribution >= 0.6 is 0 Å². The Morgan fingerprint density at radius 2 is 2.24 bits per heavy atom. The highest BCUT2D eigenvalue weighted by atomic mass is 16.3. The van der Waals surface area contributed by atoms with E-state index in [0.29, 0.717) is 0 Å². The Bertz CT molecular complexity index is 609. The van der Waals surface area contributed by atoms with Crippen LogP contribution < -0.4 is 5.32 Å². The average Bonchev–Trinajstić information content (AvgIpc) is 3.01. The Kier molecular flexibility index (Phi) is 4.01. The molecule has 1 aliphatic rings. The third-order valence-electron chi connectivity index (χ3n) is 3.97. The highest BCUT2D eigenvalue weighted by Crippen LogP contribution is 2.26. The number of nitrogens with zero attached hydrogens (tertiary/aromatic N) is 2. The molecule has 3 rings (SSSR count). The van der Waals surface area contributed by atoms with Crippen molar-refractivity contribution in [3.63, 3.8) is 0 Å². The van der Waals surface area contributed by atoms with Crippen LogP contribution in [0.25, 0.3) is 0 Å². The zero-order valence-electron chi connectivity index (χ0n) is 11.8. The van der Waals surface area contributed by atoms with Crippen LogP contribution in [0.3, 0.4) is 0 Å². The fourth-order valence-corrected chi connectivity index (χ4v) is 2.86. The summed E-state index contributed by atoms with van der Waals surface area (Å²) < 4.78 is 2.03. The van der Waals surface area contributed by atoms with Gasteiger partial charge in [0, 0.05) is 18.9 Å². The van der Waals surface area contributed by atoms with Gasteiger partial charge in [0.05, 0.1) is 18.6 Å². The zero-order valence-corrected chi connectivity index (χ0v) is 11.8. The van der Waals surface area contributed by atoms with E-state index < -0.39 is 0 Å². The number of aryl methyl sites for hydroxylation is 1. The number of hydrogen-bond acceptors (Lipinski definition) is 3. The van der Waals surface area contributed by atoms with E-state index in [1.165, 1.54) is 0 Å². The number of aliphatic hydroxyl groups excluding tert-OH is 1. The molecule has 0 radical (unpaired) electrons. The van der Waals surface area contributed by atoms with Crippen molar-refractivity contribution in [3.05, 3.63) is 54.1 Å². The second-order valence-corrected chi connectivity index (χ2v) is 5.33. The Morgan fingerprint density at radius 3 is 3.00 bits per heavy atom. The van der Waals surface area contributed by atoms with Crippen LogP contribution in [0.5, 0.6) is 0 Å². The quantitative estimate of drug-likeness (QED) is 0.897. The monoisotopic (exact) mass is 285 g/mol. The Morgan fingerprint density at radius 1 is 1.43 bits per heavy atom. The summed E-state index contributed by atoms with van der Waals surface area (Å²) >= 11 is 0. The van der Waals surface area contributed by atoms with E-state index in [9.17, 15) is 9.90 Å². The van der Waals surface area contributed by atoms with Gasteiger partial charge in [-0.2, -0.15) is 0 Å². The maximum Gasteiger partial charge on any atom is 0.231 e. The SMILES string of the molecule is O=C(N[C@H](CO)c1ccccc1)C1CCCn2ccnc21. The number of hydrogen-bond donors (Lipinski definition) is 2. The summed E-state index contributed by atoms with van der Waals surface area (Å²) in [5, 5.41) is 12.5. The molecule has 2 aromatic rings. The van der Waals surface area contributed by atoms with Crippen molar-refractivity contribution < 1.29 is 9.90 Å². The van der Waals surface area contributed by atoms with Crippen LogP contribution in [-0.4, -0.2) is 27.2 Å². The number of carbonyl (C=O) groups excluding carboxylic acids is 1. The second-order valence-electron chi connectivity index (χ2n) is 5.33. The molecule has 1 aliphatic heterocycles. The number of carbonyl (C=O) groups is 1. The standard InChI is InChI=1S/C16H19N3O2/c20-11-14(12-5-2-1-3-6-12)18-16(21)13-7-4-9-19-10-8-17-15(13)19/h1-3,5-6,8,10,13-14,20H,4,7,9,11H2,(H,18,21)/t13?,14-/m1/s1. The molecule has 2 heterocycles. The average molecular weight is 285 g/mol. The Hall–Kier alpha value is -2.14. The van der Waals surface area contributed by atoms with Gasteiger partial charge in [0.2, 0.25) is 5.91 Å². The van der Waals surface area contributed by atoms with E-state index in [1.807, 2.05) is 41.1 Å². The number of fused-ring (bicyclic) bond motifs is 1. The first-order valence-electron chi connectivity index (χ1n) is 7.27. The predicted molar refractivity (Wildman–Crippen MR) is 78.6 cm³/mol. The fraction of sp³-hybridized carbons (Fsp3) is 0.375. The van der Waals surface area contributed by atoms with Crippen LogP contribution in [-0.2, 0) is 11.3 Å². The number of rotatable bonds is 4. The lowest BCUT2D eigenvalue weighted by atomic mass is 9.97. The molecule has 21 heavy (non-hydrogen) atoms. The van der Waals surface area contributed by atoms with Crippen molar-refractivity contribution in [1.29, 1.82) is 0 Å². The normalized spacial score (nSPS) is 18.8. The summed E-state index contributed by atoms with van der Waals surface area (Å²) in [5.41, 5.74) is 0.910. The van der Waals surface area contributed by atoms with Gasteiger partial charge in [-0.3, -0.25) is 4.79 Å². The first kappa shape index (κ1) is 13.8. The zero-order chi connectivity index (χ0) is 14.7. The van der Waals surface area contributed by atoms with E-state index in [-0.39, 0.29) is 24.5 Å². The lowest BCUT2D eigenvalue weighted by Gasteiger charge is -2.25. The summed E-state index contributed by atoms with van der Waals surface area (Å²) in [7, 11) is 0. The van der Waals surface area contributed by atoms with Crippen LogP contribution in [0.4, 0.5) is 0 Å². The van der Waals surface area contributed by atoms with Gasteiger partial charge in [0.15, 0.2) is 0 Å². The van der Waals surface area contributed by atoms with Crippen molar-refractivity contribution in [3.8, 4) is 0 Å². The van der Waals surface area contributed by atoms with Gasteiger partial charge in [-0.15, -0.1) is 0 Å². The maximum atomic E-state index is 12.5. The van der Waals surface area contributed by atoms with E-state index in [4.69, 9.17) is 0 Å². The van der Waals surface area contributed by atoms with Gasteiger partial charge in [0.1, 0.15) is 5.82 Å². The third kappa shape index (κ3) is 2.83. The molecule has 2 atom stereocenters. The molecule has 0 fully saturated rings. The first-order chi connectivity index (χ1) is 10.3. The van der Waals surface area contributed by atoms with E-state index in [1.54, 1.807) is 6.20 Å². The molecular weight excluding hydrogens is 266 g/mol. The molecule has 0 saturated heterocycles. The van der Waals surface area contributed by atoms with Gasteiger partial charge in [0.25, 0.3) is 0 Å². The van der Waals surface area contributed by atoms with Gasteiger partial charge >= 0.3 is 0 Å². The van der Waals surface area contributed by atoms with Gasteiger partial charge in [-0.25, -0.2) is 4.98 Å². The van der Waals surface area contributed by atoms with Crippen molar-refractivity contribution >= 4 is 5.91 Å². The molecule has 0 aliphatic carbocycles. The number of imidazole rings is 1. The highest BCUT2D eigenvalue weighted by Gasteiger charge is 2.29. The summed E-state index contributed by atoms with van der Waals surface area (Å²) in [4.78, 5) is 16.8. The number of benzene rings is 1. The lowest BCUT2D eigenvalue weighted by molar-refractivity contribution is -0.124. The molecule has 5 heteroatoms. The molecule has 2 N–H and O–H groups in total. The van der Waals surface area contributed by atoms with Crippen molar-refractivity contribution in [2.45, 2.75) is 31.3 Å². The maximum absolute atomic E-state index is 12.5. The fourth-order valence-electron chi connectivity index (χ4n) is 2.86. The van der Waals surface area contributed by atoms with E-state index >= 15 is 0 Å². The molecule has 0 bridgehead atoms. The molecular formula is C16H19N3O2.